The molecule has 7 nitrogen and oxygen atoms in total. The van der Waals surface area contributed by atoms with E-state index in [4.69, 9.17) is 9.72 Å². The minimum Gasteiger partial charge on any atom is -0.378 e. The molecule has 0 bridgehead atoms. The number of ether oxygens (including phenoxy) is 1. The number of amides is 1. The highest BCUT2D eigenvalue weighted by molar-refractivity contribution is 8.00. The molecule has 1 aliphatic heterocycles. The normalized spacial score (nSPS) is 15.2. The number of halogens is 1. The van der Waals surface area contributed by atoms with Crippen LogP contribution in [-0.2, 0) is 16.1 Å². The smallest absolute Gasteiger partial charge is 0.236 e. The van der Waals surface area contributed by atoms with Crippen molar-refractivity contribution in [1.29, 1.82) is 0 Å². The molecule has 0 radical (unpaired) electrons. The molecule has 4 aromatic rings. The molecule has 0 aliphatic carbocycles. The highest BCUT2D eigenvalue weighted by Crippen LogP contribution is 2.31. The maximum absolute atomic E-state index is 14.5. The van der Waals surface area contributed by atoms with Gasteiger partial charge in [-0.1, -0.05) is 48.5 Å². The quantitative estimate of drug-likeness (QED) is 0.386. The van der Waals surface area contributed by atoms with Crippen molar-refractivity contribution in [2.45, 2.75) is 37.2 Å². The fourth-order valence-corrected chi connectivity index (χ4v) is 5.18. The number of hydrogen-bond acceptors (Lipinski definition) is 6. The lowest BCUT2D eigenvalue weighted by molar-refractivity contribution is -0.134. The molecular formula is C25H26FN5O2S. The highest BCUT2D eigenvalue weighted by atomic mass is 32.2. The van der Waals surface area contributed by atoms with E-state index in [2.05, 4.69) is 16.3 Å². The Morgan fingerprint density at radius 2 is 1.97 bits per heavy atom. The van der Waals surface area contributed by atoms with E-state index in [0.717, 1.165) is 16.5 Å². The third-order valence-electron chi connectivity index (χ3n) is 6.11. The van der Waals surface area contributed by atoms with Crippen molar-refractivity contribution in [3.8, 4) is 0 Å². The lowest BCUT2D eigenvalue weighted by atomic mass is 10.1. The molecule has 1 fully saturated rings. The fraction of sp³-hybridized carbons (Fsp3) is 0.360. The first-order valence-corrected chi connectivity index (χ1v) is 12.3. The molecule has 34 heavy (non-hydrogen) atoms. The summed E-state index contributed by atoms with van der Waals surface area (Å²) in [5.74, 6) is -0.189. The summed E-state index contributed by atoms with van der Waals surface area (Å²) in [6.07, 6.45) is 0.652. The lowest BCUT2D eigenvalue weighted by Crippen LogP contribution is -2.44. The van der Waals surface area contributed by atoms with Crippen molar-refractivity contribution in [3.63, 3.8) is 0 Å². The summed E-state index contributed by atoms with van der Waals surface area (Å²) in [7, 11) is 0. The van der Waals surface area contributed by atoms with E-state index < -0.39 is 0 Å². The second-order valence-electron chi connectivity index (χ2n) is 8.42. The van der Waals surface area contributed by atoms with E-state index in [-0.39, 0.29) is 17.0 Å². The number of carbonyl (C=O) groups excluding carboxylic acids is 1. The van der Waals surface area contributed by atoms with Gasteiger partial charge in [-0.15, -0.1) is 10.2 Å². The maximum atomic E-state index is 14.5. The minimum atomic E-state index is -0.302. The number of rotatable bonds is 6. The van der Waals surface area contributed by atoms with Crippen LogP contribution in [0, 0.1) is 12.7 Å². The molecule has 1 saturated heterocycles. The molecule has 2 aromatic carbocycles. The largest absolute Gasteiger partial charge is 0.378 e. The van der Waals surface area contributed by atoms with Crippen LogP contribution >= 0.6 is 11.8 Å². The van der Waals surface area contributed by atoms with Crippen molar-refractivity contribution in [2.75, 3.05) is 26.3 Å². The molecule has 1 unspecified atom stereocenters. The number of thioether (sulfide) groups is 1. The minimum absolute atomic E-state index is 0.0713. The molecule has 2 aromatic heterocycles. The Morgan fingerprint density at radius 1 is 1.18 bits per heavy atom. The van der Waals surface area contributed by atoms with Gasteiger partial charge in [-0.05, 0) is 31.5 Å². The summed E-state index contributed by atoms with van der Waals surface area (Å²) >= 11 is 1.33. The fourth-order valence-electron chi connectivity index (χ4n) is 4.28. The third-order valence-corrected chi connectivity index (χ3v) is 7.31. The molecule has 0 saturated carbocycles. The molecule has 1 atom stereocenters. The number of aryl methyl sites for hydroxylation is 1. The van der Waals surface area contributed by atoms with Crippen LogP contribution in [-0.4, -0.2) is 62.1 Å². The van der Waals surface area contributed by atoms with Crippen molar-refractivity contribution < 1.29 is 13.9 Å². The number of fused-ring (bicyclic) bond motifs is 3. The Balaban J connectivity index is 1.54. The van der Waals surface area contributed by atoms with Crippen molar-refractivity contribution in [1.82, 2.24) is 24.6 Å². The first kappa shape index (κ1) is 22.7. The van der Waals surface area contributed by atoms with Crippen LogP contribution in [0.1, 0.15) is 24.5 Å². The molecule has 1 aliphatic rings. The average Bonchev–Trinajstić information content (AvgIpc) is 3.16. The molecule has 176 valence electrons. The number of hydrogen-bond donors (Lipinski definition) is 0. The van der Waals surface area contributed by atoms with Gasteiger partial charge < -0.3 is 14.2 Å². The summed E-state index contributed by atoms with van der Waals surface area (Å²) in [4.78, 5) is 19.7. The van der Waals surface area contributed by atoms with E-state index in [1.54, 1.807) is 12.1 Å². The van der Waals surface area contributed by atoms with Gasteiger partial charge in [0.05, 0.1) is 30.5 Å². The van der Waals surface area contributed by atoms with Gasteiger partial charge >= 0.3 is 0 Å². The second-order valence-corrected chi connectivity index (χ2v) is 9.59. The zero-order valence-corrected chi connectivity index (χ0v) is 20.0. The van der Waals surface area contributed by atoms with Crippen LogP contribution in [0.5, 0.6) is 0 Å². The number of nitrogens with zero attached hydrogens (tertiary/aromatic N) is 5. The summed E-state index contributed by atoms with van der Waals surface area (Å²) < 4.78 is 21.8. The predicted octanol–water partition coefficient (Wildman–Crippen LogP) is 4.20. The van der Waals surface area contributed by atoms with Gasteiger partial charge in [-0.25, -0.2) is 9.37 Å². The molecule has 0 spiro atoms. The molecule has 0 N–H and O–H groups in total. The van der Waals surface area contributed by atoms with Crippen LogP contribution in [0.3, 0.4) is 0 Å². The topological polar surface area (TPSA) is 73.1 Å². The van der Waals surface area contributed by atoms with Crippen molar-refractivity contribution in [2.24, 2.45) is 0 Å². The highest BCUT2D eigenvalue weighted by Gasteiger charge is 2.27. The summed E-state index contributed by atoms with van der Waals surface area (Å²) in [5, 5.41) is 9.93. The van der Waals surface area contributed by atoms with E-state index >= 15 is 0 Å². The second kappa shape index (κ2) is 9.68. The van der Waals surface area contributed by atoms with Gasteiger partial charge in [-0.3, -0.25) is 4.79 Å². The SMILES string of the molecule is CCC(Sc1nnc2c3cc(C)ccc3n(Cc3ccccc3F)c2n1)C(=O)N1CCOCC1. The molecule has 5 rings (SSSR count). The van der Waals surface area contributed by atoms with Crippen LogP contribution in [0.25, 0.3) is 22.1 Å². The van der Waals surface area contributed by atoms with Gasteiger partial charge in [0, 0.05) is 24.0 Å². The summed E-state index contributed by atoms with van der Waals surface area (Å²) in [5.41, 5.74) is 3.90. The summed E-state index contributed by atoms with van der Waals surface area (Å²) in [6, 6.07) is 12.8. The van der Waals surface area contributed by atoms with Crippen LogP contribution < -0.4 is 0 Å². The Hall–Kier alpha value is -3.04. The van der Waals surface area contributed by atoms with E-state index in [1.165, 1.54) is 17.8 Å². The monoisotopic (exact) mass is 479 g/mol. The molecular weight excluding hydrogens is 453 g/mol. The lowest BCUT2D eigenvalue weighted by Gasteiger charge is -2.29. The number of aromatic nitrogens is 4. The van der Waals surface area contributed by atoms with Gasteiger partial charge in [0.25, 0.3) is 0 Å². The Labute approximate surface area is 201 Å². The van der Waals surface area contributed by atoms with Crippen molar-refractivity contribution in [3.05, 3.63) is 59.4 Å². The molecule has 1 amide bonds. The van der Waals surface area contributed by atoms with E-state index in [1.807, 2.05) is 41.5 Å². The van der Waals surface area contributed by atoms with Gasteiger partial charge in [0.2, 0.25) is 11.1 Å². The van der Waals surface area contributed by atoms with Gasteiger partial charge in [-0.2, -0.15) is 0 Å². The van der Waals surface area contributed by atoms with Crippen LogP contribution in [0.4, 0.5) is 4.39 Å². The number of benzene rings is 2. The standard InChI is InChI=1S/C25H26FN5O2S/c1-3-21(24(32)30-10-12-33-13-11-30)34-25-27-23-22(28-29-25)18-14-16(2)8-9-20(18)31(23)15-17-6-4-5-7-19(17)26/h4-9,14,21H,3,10-13,15H2,1-2H3. The third kappa shape index (κ3) is 4.37. The first-order chi connectivity index (χ1) is 16.5. The van der Waals surface area contributed by atoms with Crippen molar-refractivity contribution >= 4 is 39.7 Å². The molecule has 9 heteroatoms. The average molecular weight is 480 g/mol. The predicted molar refractivity (Wildman–Crippen MR) is 130 cm³/mol. The number of morpholine rings is 1. The van der Waals surface area contributed by atoms with E-state index in [0.29, 0.717) is 61.2 Å². The Kier molecular flexibility index (Phi) is 6.47. The number of carbonyl (C=O) groups is 1. The van der Waals surface area contributed by atoms with Gasteiger partial charge in [0.1, 0.15) is 11.3 Å². The van der Waals surface area contributed by atoms with E-state index in [9.17, 15) is 9.18 Å². The summed E-state index contributed by atoms with van der Waals surface area (Å²) in [6.45, 7) is 6.66. The zero-order chi connectivity index (χ0) is 23.7. The molecule has 3 heterocycles. The maximum Gasteiger partial charge on any atom is 0.236 e. The first-order valence-electron chi connectivity index (χ1n) is 11.4. The van der Waals surface area contributed by atoms with Crippen LogP contribution in [0.2, 0.25) is 0 Å². The zero-order valence-electron chi connectivity index (χ0n) is 19.2. The Morgan fingerprint density at radius 3 is 2.74 bits per heavy atom. The van der Waals surface area contributed by atoms with Gasteiger partial charge in [0.15, 0.2) is 5.65 Å². The Bertz CT molecular complexity index is 1350. The van der Waals surface area contributed by atoms with Crippen LogP contribution in [0.15, 0.2) is 47.6 Å².